The highest BCUT2D eigenvalue weighted by atomic mass is 127. The normalized spacial score (nSPS) is 17.5. The molecule has 2 N–H and O–H groups in total. The number of esters is 2. The quantitative estimate of drug-likeness (QED) is 0.0752. The highest BCUT2D eigenvalue weighted by molar-refractivity contribution is 8.00. The Labute approximate surface area is 338 Å². The van der Waals surface area contributed by atoms with Gasteiger partial charge in [-0.15, -0.1) is 11.8 Å². The van der Waals surface area contributed by atoms with Gasteiger partial charge in [0.25, 0.3) is 0 Å². The van der Waals surface area contributed by atoms with Crippen molar-refractivity contribution in [3.8, 4) is 0 Å². The standard InChI is InChI=1S/C44H42N2O5PS.HI/c1-44(2,3)51-42(48)36-40(47)46-37(43(49)50-38(30-19-9-4-10-20-30)31-21-11-5-12-22-31)35(29-53-41(36)46)39(45)52(32-23-13-6-14-24-32,33-25-15-7-16-26-33)34-27-17-8-18-28-34;/h4-28,36,38-39,41H,29,45H2,1-3H3;1H/q+1;/p-1. The molecule has 54 heavy (non-hydrogen) atoms. The van der Waals surface area contributed by atoms with Crippen LogP contribution in [0, 0.1) is 5.92 Å². The van der Waals surface area contributed by atoms with Crippen LogP contribution in [-0.4, -0.2) is 45.3 Å². The Hall–Kier alpha value is -4.28. The largest absolute Gasteiger partial charge is 1.00 e. The number of carbonyl (C=O) groups is 3. The van der Waals surface area contributed by atoms with Gasteiger partial charge in [-0.1, -0.05) is 115 Å². The lowest BCUT2D eigenvalue weighted by atomic mass is 9.95. The number of ether oxygens (including phenoxy) is 2. The van der Waals surface area contributed by atoms with Gasteiger partial charge in [0.15, 0.2) is 17.8 Å². The highest BCUT2D eigenvalue weighted by Gasteiger charge is 2.61. The number of hydrogen-bond acceptors (Lipinski definition) is 7. The lowest BCUT2D eigenvalue weighted by molar-refractivity contribution is -0.175. The van der Waals surface area contributed by atoms with Gasteiger partial charge in [-0.2, -0.15) is 0 Å². The van der Waals surface area contributed by atoms with Crippen LogP contribution in [0.4, 0.5) is 0 Å². The molecule has 5 aromatic rings. The molecular formula is C44H42IN2O5PS. The molecule has 0 spiro atoms. The van der Waals surface area contributed by atoms with Gasteiger partial charge in [0.1, 0.15) is 39.8 Å². The lowest BCUT2D eigenvalue weighted by Crippen LogP contribution is -3.00. The Morgan fingerprint density at radius 3 is 1.54 bits per heavy atom. The van der Waals surface area contributed by atoms with Crippen molar-refractivity contribution in [3.63, 3.8) is 0 Å². The number of hydrogen-bond donors (Lipinski definition) is 1. The molecule has 7 rings (SSSR count). The lowest BCUT2D eigenvalue weighted by Gasteiger charge is -2.50. The molecule has 2 heterocycles. The van der Waals surface area contributed by atoms with Gasteiger partial charge < -0.3 is 33.5 Å². The molecule has 5 aromatic carbocycles. The molecule has 1 amide bonds. The van der Waals surface area contributed by atoms with Crippen LogP contribution in [0.2, 0.25) is 0 Å². The predicted molar refractivity (Wildman–Crippen MR) is 213 cm³/mol. The zero-order valence-corrected chi connectivity index (χ0v) is 34.1. The fraction of sp³-hybridized carbons (Fsp3) is 0.205. The number of β-lactam (4-membered cyclic amide) rings is 1. The summed E-state index contributed by atoms with van der Waals surface area (Å²) >= 11 is 1.43. The Morgan fingerprint density at radius 2 is 1.13 bits per heavy atom. The maximum absolute atomic E-state index is 15.0. The number of nitrogens with zero attached hydrogens (tertiary/aromatic N) is 1. The van der Waals surface area contributed by atoms with E-state index in [1.807, 2.05) is 115 Å². The van der Waals surface area contributed by atoms with Crippen molar-refractivity contribution in [1.29, 1.82) is 0 Å². The van der Waals surface area contributed by atoms with Crippen molar-refractivity contribution in [2.45, 2.75) is 43.6 Å². The van der Waals surface area contributed by atoms with Crippen molar-refractivity contribution >= 4 is 52.8 Å². The molecule has 1 saturated heterocycles. The third-order valence-corrected chi connectivity index (χ3v) is 15.3. The molecule has 276 valence electrons. The third kappa shape index (κ3) is 7.52. The first-order chi connectivity index (χ1) is 25.6. The molecule has 0 aliphatic carbocycles. The highest BCUT2D eigenvalue weighted by Crippen LogP contribution is 2.62. The molecule has 0 aromatic heterocycles. The zero-order chi connectivity index (χ0) is 37.2. The molecule has 3 unspecified atom stereocenters. The average molecular weight is 869 g/mol. The van der Waals surface area contributed by atoms with Gasteiger partial charge in [-0.25, -0.2) is 4.79 Å². The van der Waals surface area contributed by atoms with Gasteiger partial charge in [-0.05, 0) is 68.3 Å². The molecule has 7 nitrogen and oxygen atoms in total. The number of carbonyl (C=O) groups excluding carboxylic acids is 3. The summed E-state index contributed by atoms with van der Waals surface area (Å²) in [4.78, 5) is 44.1. The van der Waals surface area contributed by atoms with Gasteiger partial charge in [0.05, 0.1) is 0 Å². The van der Waals surface area contributed by atoms with E-state index in [1.165, 1.54) is 16.7 Å². The molecule has 10 heteroatoms. The number of amides is 1. The van der Waals surface area contributed by atoms with E-state index in [9.17, 15) is 9.59 Å². The van der Waals surface area contributed by atoms with E-state index in [1.54, 1.807) is 20.8 Å². The first-order valence-electron chi connectivity index (χ1n) is 17.6. The number of fused-ring (bicyclic) bond motifs is 1. The smallest absolute Gasteiger partial charge is 0.356 e. The summed E-state index contributed by atoms with van der Waals surface area (Å²) in [5, 5.41) is 2.45. The molecule has 0 saturated carbocycles. The Morgan fingerprint density at radius 1 is 0.722 bits per heavy atom. The van der Waals surface area contributed by atoms with Gasteiger partial charge in [-0.3, -0.25) is 20.2 Å². The molecule has 1 fully saturated rings. The second kappa shape index (κ2) is 16.6. The summed E-state index contributed by atoms with van der Waals surface area (Å²) in [6, 6.07) is 49.6. The molecule has 3 atom stereocenters. The fourth-order valence-electron chi connectivity index (χ4n) is 7.21. The molecular weight excluding hydrogens is 826 g/mol. The van der Waals surface area contributed by atoms with Gasteiger partial charge in [0, 0.05) is 11.3 Å². The van der Waals surface area contributed by atoms with Crippen LogP contribution in [0.3, 0.4) is 0 Å². The molecule has 0 bridgehead atoms. The number of halogens is 1. The molecule has 0 radical (unpaired) electrons. The third-order valence-electron chi connectivity index (χ3n) is 9.55. The van der Waals surface area contributed by atoms with E-state index in [4.69, 9.17) is 15.2 Å². The Kier molecular flexibility index (Phi) is 12.1. The molecule has 2 aliphatic heterocycles. The number of benzene rings is 5. The topological polar surface area (TPSA) is 98.9 Å². The van der Waals surface area contributed by atoms with Crippen LogP contribution in [0.5, 0.6) is 0 Å². The number of thioether (sulfide) groups is 1. The first kappa shape index (κ1) is 39.4. The van der Waals surface area contributed by atoms with Crippen molar-refractivity contribution in [3.05, 3.63) is 174 Å². The van der Waals surface area contributed by atoms with Gasteiger partial charge in [0.2, 0.25) is 5.91 Å². The summed E-state index contributed by atoms with van der Waals surface area (Å²) in [6.07, 6.45) is -0.766. The summed E-state index contributed by atoms with van der Waals surface area (Å²) in [7, 11) is -2.78. The van der Waals surface area contributed by atoms with Crippen LogP contribution in [0.1, 0.15) is 38.0 Å². The summed E-state index contributed by atoms with van der Waals surface area (Å²) < 4.78 is 12.2. The van der Waals surface area contributed by atoms with E-state index in [2.05, 4.69) is 36.4 Å². The minimum absolute atomic E-state index is 0. The average Bonchev–Trinajstić information content (AvgIpc) is 3.17. The summed E-state index contributed by atoms with van der Waals surface area (Å²) in [6.45, 7) is 5.31. The van der Waals surface area contributed by atoms with Crippen LogP contribution < -0.4 is 45.6 Å². The van der Waals surface area contributed by atoms with Crippen molar-refractivity contribution < 1.29 is 47.8 Å². The van der Waals surface area contributed by atoms with E-state index in [0.29, 0.717) is 11.3 Å². The fourth-order valence-corrected chi connectivity index (χ4v) is 13.2. The minimum Gasteiger partial charge on any atom is -1.00 e. The SMILES string of the molecule is CC(C)(C)OC(=O)C1C(=O)N2C(C(=O)OC(c3ccccc3)c3ccccc3)=C(C(N)[P+](c3ccccc3)(c3ccccc3)c3ccccc3)CSC12.[I-]. The summed E-state index contributed by atoms with van der Waals surface area (Å²) in [5.74, 6) is -3.30. The van der Waals surface area contributed by atoms with Crippen molar-refractivity contribution in [2.75, 3.05) is 5.75 Å². The predicted octanol–water partition coefficient (Wildman–Crippen LogP) is 3.73. The van der Waals surface area contributed by atoms with E-state index in [-0.39, 0.29) is 29.7 Å². The maximum Gasteiger partial charge on any atom is 0.356 e. The maximum atomic E-state index is 15.0. The second-order valence-electron chi connectivity index (χ2n) is 14.1. The van der Waals surface area contributed by atoms with Crippen LogP contribution in [0.15, 0.2) is 163 Å². The summed E-state index contributed by atoms with van der Waals surface area (Å²) in [5.41, 5.74) is 9.16. The van der Waals surface area contributed by atoms with Crippen LogP contribution in [0.25, 0.3) is 0 Å². The van der Waals surface area contributed by atoms with E-state index >= 15 is 4.79 Å². The van der Waals surface area contributed by atoms with E-state index in [0.717, 1.165) is 27.0 Å². The monoisotopic (exact) mass is 868 g/mol. The Balaban J connectivity index is 0.00000497. The van der Waals surface area contributed by atoms with Gasteiger partial charge >= 0.3 is 11.9 Å². The van der Waals surface area contributed by atoms with Crippen molar-refractivity contribution in [1.82, 2.24) is 4.90 Å². The molecule has 2 aliphatic rings. The van der Waals surface area contributed by atoms with E-state index < -0.39 is 53.9 Å². The van der Waals surface area contributed by atoms with Crippen molar-refractivity contribution in [2.24, 2.45) is 11.7 Å². The zero-order valence-electron chi connectivity index (χ0n) is 30.2. The number of nitrogens with two attached hydrogens (primary N) is 1. The first-order valence-corrected chi connectivity index (χ1v) is 20.5. The Bertz CT molecular complexity index is 1980. The van der Waals surface area contributed by atoms with Crippen LogP contribution in [-0.2, 0) is 23.9 Å². The second-order valence-corrected chi connectivity index (χ2v) is 18.7. The van der Waals surface area contributed by atoms with Crippen LogP contribution >= 0.6 is 19.0 Å². The minimum atomic E-state index is -2.78. The number of rotatable bonds is 10.